The Morgan fingerprint density at radius 2 is 2.07 bits per heavy atom. The maximum Gasteiger partial charge on any atom is 0.227 e. The Bertz CT molecular complexity index is 839. The third kappa shape index (κ3) is 5.76. The maximum absolute atomic E-state index is 14.5. The Morgan fingerprint density at radius 1 is 1.34 bits per heavy atom. The summed E-state index contributed by atoms with van der Waals surface area (Å²) in [5, 5.41) is 16.3. The summed E-state index contributed by atoms with van der Waals surface area (Å²) in [6.07, 6.45) is 1.59. The average molecular weight is 404 g/mol. The number of benzene rings is 1. The van der Waals surface area contributed by atoms with Crippen LogP contribution in [0.2, 0.25) is 0 Å². The number of hydrogen-bond donors (Lipinski definition) is 2. The maximum atomic E-state index is 14.5. The van der Waals surface area contributed by atoms with Gasteiger partial charge in [-0.1, -0.05) is 32.0 Å². The first-order valence-electron chi connectivity index (χ1n) is 10.0. The highest BCUT2D eigenvalue weighted by Crippen LogP contribution is 2.24. The molecule has 0 saturated carbocycles. The van der Waals surface area contributed by atoms with Gasteiger partial charge in [-0.2, -0.15) is 4.98 Å². The van der Waals surface area contributed by atoms with E-state index < -0.39 is 0 Å². The third-order valence-corrected chi connectivity index (χ3v) is 5.01. The molecule has 7 nitrogen and oxygen atoms in total. The first-order chi connectivity index (χ1) is 13.7. The zero-order chi connectivity index (χ0) is 21.0. The molecule has 0 aliphatic carbocycles. The van der Waals surface area contributed by atoms with E-state index >= 15 is 0 Å². The fraction of sp³-hybridized carbons (Fsp3) is 0.571. The molecule has 1 aliphatic rings. The number of anilines is 1. The van der Waals surface area contributed by atoms with Gasteiger partial charge in [0.1, 0.15) is 5.82 Å². The number of aliphatic hydroxyl groups is 1. The second-order valence-corrected chi connectivity index (χ2v) is 8.54. The SMILES string of the molecule is CC(C)(C)c1noc(CCC(=O)NCc2ccc(N3CCC(O)CC3)c(F)c2)n1. The van der Waals surface area contributed by atoms with Crippen LogP contribution >= 0.6 is 0 Å². The Kier molecular flexibility index (Phi) is 6.52. The molecular formula is C21H29FN4O3. The van der Waals surface area contributed by atoms with Crippen molar-refractivity contribution in [1.29, 1.82) is 0 Å². The van der Waals surface area contributed by atoms with Crippen LogP contribution in [0.4, 0.5) is 10.1 Å². The molecule has 0 unspecified atom stereocenters. The molecule has 1 fully saturated rings. The average Bonchev–Trinajstić information content (AvgIpc) is 3.15. The first kappa shape index (κ1) is 21.2. The van der Waals surface area contributed by atoms with Gasteiger partial charge in [0.2, 0.25) is 11.8 Å². The van der Waals surface area contributed by atoms with Crippen LogP contribution in [-0.2, 0) is 23.2 Å². The minimum absolute atomic E-state index is 0.157. The van der Waals surface area contributed by atoms with E-state index in [1.165, 1.54) is 6.07 Å². The smallest absolute Gasteiger partial charge is 0.227 e. The zero-order valence-corrected chi connectivity index (χ0v) is 17.2. The summed E-state index contributed by atoms with van der Waals surface area (Å²) >= 11 is 0. The van der Waals surface area contributed by atoms with Gasteiger partial charge in [-0.05, 0) is 30.5 Å². The fourth-order valence-electron chi connectivity index (χ4n) is 3.19. The number of nitrogens with zero attached hydrogens (tertiary/aromatic N) is 3. The second kappa shape index (κ2) is 8.90. The van der Waals surface area contributed by atoms with Gasteiger partial charge in [-0.3, -0.25) is 4.79 Å². The molecule has 0 atom stereocenters. The van der Waals surface area contributed by atoms with E-state index in [0.29, 0.717) is 55.3 Å². The molecule has 8 heteroatoms. The van der Waals surface area contributed by atoms with Gasteiger partial charge >= 0.3 is 0 Å². The minimum Gasteiger partial charge on any atom is -0.393 e. The van der Waals surface area contributed by atoms with E-state index in [1.54, 1.807) is 6.07 Å². The second-order valence-electron chi connectivity index (χ2n) is 8.54. The summed E-state index contributed by atoms with van der Waals surface area (Å²) in [6, 6.07) is 5.01. The van der Waals surface area contributed by atoms with Crippen molar-refractivity contribution in [2.24, 2.45) is 0 Å². The Hall–Kier alpha value is -2.48. The fourth-order valence-corrected chi connectivity index (χ4v) is 3.19. The van der Waals surface area contributed by atoms with Gasteiger partial charge in [0.05, 0.1) is 11.8 Å². The molecule has 3 rings (SSSR count). The highest BCUT2D eigenvalue weighted by atomic mass is 19.1. The molecule has 2 N–H and O–H groups in total. The molecule has 1 aromatic carbocycles. The number of hydrogen-bond acceptors (Lipinski definition) is 6. The lowest BCUT2D eigenvalue weighted by Gasteiger charge is -2.31. The van der Waals surface area contributed by atoms with Crippen LogP contribution in [0.25, 0.3) is 0 Å². The van der Waals surface area contributed by atoms with E-state index in [4.69, 9.17) is 4.52 Å². The number of nitrogens with one attached hydrogen (secondary N) is 1. The third-order valence-electron chi connectivity index (χ3n) is 5.01. The number of carbonyl (C=O) groups excluding carboxylic acids is 1. The molecule has 29 heavy (non-hydrogen) atoms. The monoisotopic (exact) mass is 404 g/mol. The molecule has 1 saturated heterocycles. The van der Waals surface area contributed by atoms with Crippen molar-refractivity contribution in [2.75, 3.05) is 18.0 Å². The van der Waals surface area contributed by atoms with Crippen LogP contribution < -0.4 is 10.2 Å². The number of amides is 1. The Balaban J connectivity index is 1.47. The van der Waals surface area contributed by atoms with Gasteiger partial charge in [0.25, 0.3) is 0 Å². The molecular weight excluding hydrogens is 375 g/mol. The lowest BCUT2D eigenvalue weighted by molar-refractivity contribution is -0.121. The number of piperidine rings is 1. The molecule has 0 spiro atoms. The quantitative estimate of drug-likeness (QED) is 0.769. The largest absolute Gasteiger partial charge is 0.393 e. The summed E-state index contributed by atoms with van der Waals surface area (Å²) in [7, 11) is 0. The Labute approximate surface area is 170 Å². The number of aliphatic hydroxyl groups excluding tert-OH is 1. The van der Waals surface area contributed by atoms with Crippen LogP contribution in [0.3, 0.4) is 0 Å². The van der Waals surface area contributed by atoms with Gasteiger partial charge in [-0.25, -0.2) is 4.39 Å². The standard InChI is InChI=1S/C21H29FN4O3/c1-21(2,3)20-24-19(29-25-20)7-6-18(28)23-13-14-4-5-17(16(22)12-14)26-10-8-15(27)9-11-26/h4-5,12,15,27H,6-11,13H2,1-3H3,(H,23,28). The summed E-state index contributed by atoms with van der Waals surface area (Å²) in [5.41, 5.74) is 1.04. The van der Waals surface area contributed by atoms with Crippen LogP contribution in [0.15, 0.2) is 22.7 Å². The molecule has 158 valence electrons. The van der Waals surface area contributed by atoms with Crippen molar-refractivity contribution in [3.05, 3.63) is 41.3 Å². The highest BCUT2D eigenvalue weighted by molar-refractivity contribution is 5.76. The van der Waals surface area contributed by atoms with Crippen LogP contribution in [0.1, 0.15) is 57.3 Å². The molecule has 0 radical (unpaired) electrons. The molecule has 2 aromatic rings. The summed E-state index contributed by atoms with van der Waals surface area (Å²) < 4.78 is 19.7. The van der Waals surface area contributed by atoms with E-state index in [0.717, 1.165) is 0 Å². The van der Waals surface area contributed by atoms with E-state index in [1.807, 2.05) is 31.7 Å². The number of aryl methyl sites for hydroxylation is 1. The zero-order valence-electron chi connectivity index (χ0n) is 17.2. The normalized spacial score (nSPS) is 15.6. The van der Waals surface area contributed by atoms with Crippen LogP contribution in [0, 0.1) is 5.82 Å². The molecule has 1 aliphatic heterocycles. The predicted molar refractivity (Wildman–Crippen MR) is 107 cm³/mol. The van der Waals surface area contributed by atoms with Crippen molar-refractivity contribution < 1.29 is 18.8 Å². The Morgan fingerprint density at radius 3 is 2.69 bits per heavy atom. The van der Waals surface area contributed by atoms with Crippen molar-refractivity contribution in [3.8, 4) is 0 Å². The van der Waals surface area contributed by atoms with E-state index in [2.05, 4.69) is 15.5 Å². The van der Waals surface area contributed by atoms with Crippen molar-refractivity contribution >= 4 is 11.6 Å². The predicted octanol–water partition coefficient (Wildman–Crippen LogP) is 2.72. The first-order valence-corrected chi connectivity index (χ1v) is 10.0. The highest BCUT2D eigenvalue weighted by Gasteiger charge is 2.21. The van der Waals surface area contributed by atoms with Crippen molar-refractivity contribution in [1.82, 2.24) is 15.5 Å². The van der Waals surface area contributed by atoms with Crippen LogP contribution in [-0.4, -0.2) is 40.3 Å². The number of aromatic nitrogens is 2. The van der Waals surface area contributed by atoms with Crippen molar-refractivity contribution in [3.63, 3.8) is 0 Å². The van der Waals surface area contributed by atoms with Gasteiger partial charge < -0.3 is 19.8 Å². The summed E-state index contributed by atoms with van der Waals surface area (Å²) in [5.74, 6) is 0.586. The number of carbonyl (C=O) groups is 1. The minimum atomic E-state index is -0.311. The van der Waals surface area contributed by atoms with Crippen molar-refractivity contribution in [2.45, 2.75) is 64.5 Å². The van der Waals surface area contributed by atoms with Crippen LogP contribution in [0.5, 0.6) is 0 Å². The topological polar surface area (TPSA) is 91.5 Å². The number of halogens is 1. The van der Waals surface area contributed by atoms with E-state index in [9.17, 15) is 14.3 Å². The van der Waals surface area contributed by atoms with Gasteiger partial charge in [-0.15, -0.1) is 0 Å². The van der Waals surface area contributed by atoms with Gasteiger partial charge in [0, 0.05) is 37.9 Å². The van der Waals surface area contributed by atoms with Gasteiger partial charge in [0.15, 0.2) is 5.82 Å². The molecule has 2 heterocycles. The van der Waals surface area contributed by atoms with E-state index in [-0.39, 0.29) is 36.2 Å². The summed E-state index contributed by atoms with van der Waals surface area (Å²) in [4.78, 5) is 18.4. The number of rotatable bonds is 6. The summed E-state index contributed by atoms with van der Waals surface area (Å²) in [6.45, 7) is 7.52. The lowest BCUT2D eigenvalue weighted by Crippen LogP contribution is -2.36. The molecule has 0 bridgehead atoms. The molecule has 1 amide bonds. The molecule has 1 aromatic heterocycles. The lowest BCUT2D eigenvalue weighted by atomic mass is 9.96.